The summed E-state index contributed by atoms with van der Waals surface area (Å²) in [5.74, 6) is -2.33. The number of aromatic amines is 1. The number of hydrogen-bond acceptors (Lipinski definition) is 7. The molecule has 4 N–H and O–H groups in total. The average molecular weight is 547 g/mol. The number of halogens is 2. The molecule has 38 heavy (non-hydrogen) atoms. The van der Waals surface area contributed by atoms with Crippen LogP contribution in [0.5, 0.6) is 0 Å². The summed E-state index contributed by atoms with van der Waals surface area (Å²) in [5.41, 5.74) is 8.00. The fourth-order valence-corrected chi connectivity index (χ4v) is 6.49. The van der Waals surface area contributed by atoms with Gasteiger partial charge in [0.15, 0.2) is 5.82 Å². The van der Waals surface area contributed by atoms with E-state index in [0.29, 0.717) is 30.5 Å². The molecule has 1 aromatic heterocycles. The molecular weight excluding hydrogens is 518 g/mol. The SMILES string of the molecule is CC1(C)CN(S(=O)(=O)c2cc(F)cc(F)c2)Cc2c(NC(=O)c3ccc(N4CCOCC4)cc3N)n[nH]c21. The molecule has 0 atom stereocenters. The Morgan fingerprint density at radius 2 is 1.82 bits per heavy atom. The van der Waals surface area contributed by atoms with E-state index in [-0.39, 0.29) is 30.2 Å². The van der Waals surface area contributed by atoms with E-state index >= 15 is 0 Å². The van der Waals surface area contributed by atoms with Crippen LogP contribution in [0.4, 0.5) is 26.0 Å². The zero-order valence-electron chi connectivity index (χ0n) is 20.9. The fraction of sp³-hybridized carbons (Fsp3) is 0.360. The minimum Gasteiger partial charge on any atom is -0.398 e. The van der Waals surface area contributed by atoms with Crippen LogP contribution in [0.2, 0.25) is 0 Å². The Bertz CT molecular complexity index is 1480. The van der Waals surface area contributed by atoms with Gasteiger partial charge in [0.2, 0.25) is 10.0 Å². The number of sulfonamides is 1. The second-order valence-electron chi connectivity index (χ2n) is 10.0. The predicted molar refractivity (Wildman–Crippen MR) is 137 cm³/mol. The Morgan fingerprint density at radius 1 is 1.13 bits per heavy atom. The number of H-pyrrole nitrogens is 1. The van der Waals surface area contributed by atoms with E-state index in [1.807, 2.05) is 19.9 Å². The number of morpholine rings is 1. The monoisotopic (exact) mass is 546 g/mol. The lowest BCUT2D eigenvalue weighted by Crippen LogP contribution is -2.45. The first-order valence-electron chi connectivity index (χ1n) is 12.0. The standard InChI is InChI=1S/C25H28F2N6O4S/c1-25(2)14-33(38(35,36)18-10-15(26)9-16(27)11-18)13-20-22(25)30-31-23(20)29-24(34)19-4-3-17(12-21(19)28)32-5-7-37-8-6-32/h3-4,9-12H,5-8,13-14,28H2,1-2H3,(H2,29,30,31,34). The number of nitrogen functional groups attached to an aromatic ring is 1. The van der Waals surface area contributed by atoms with E-state index in [2.05, 4.69) is 20.4 Å². The molecule has 0 saturated carbocycles. The molecule has 1 fully saturated rings. The molecule has 5 rings (SSSR count). The van der Waals surface area contributed by atoms with Crippen molar-refractivity contribution in [3.63, 3.8) is 0 Å². The number of fused-ring (bicyclic) bond motifs is 1. The van der Waals surface area contributed by atoms with Crippen molar-refractivity contribution in [1.82, 2.24) is 14.5 Å². The summed E-state index contributed by atoms with van der Waals surface area (Å²) in [6, 6.07) is 7.35. The van der Waals surface area contributed by atoms with Crippen LogP contribution in [-0.2, 0) is 26.7 Å². The number of ether oxygens (including phenoxy) is 1. The van der Waals surface area contributed by atoms with E-state index in [9.17, 15) is 22.0 Å². The van der Waals surface area contributed by atoms with Crippen LogP contribution >= 0.6 is 0 Å². The van der Waals surface area contributed by atoms with Gasteiger partial charge in [-0.2, -0.15) is 9.40 Å². The molecule has 13 heteroatoms. The number of carbonyl (C=O) groups excluding carboxylic acids is 1. The van der Waals surface area contributed by atoms with Crippen molar-refractivity contribution in [2.45, 2.75) is 30.7 Å². The number of hydrogen-bond donors (Lipinski definition) is 3. The molecule has 202 valence electrons. The molecule has 2 aliphatic rings. The molecule has 10 nitrogen and oxygen atoms in total. The molecule has 0 radical (unpaired) electrons. The summed E-state index contributed by atoms with van der Waals surface area (Å²) in [6.07, 6.45) is 0. The van der Waals surface area contributed by atoms with Gasteiger partial charge in [0, 0.05) is 60.3 Å². The van der Waals surface area contributed by atoms with Gasteiger partial charge < -0.3 is 20.7 Å². The maximum Gasteiger partial charge on any atom is 0.258 e. The number of nitrogens with one attached hydrogen (secondary N) is 2. The highest BCUT2D eigenvalue weighted by atomic mass is 32.2. The molecule has 2 aromatic carbocycles. The summed E-state index contributed by atoms with van der Waals surface area (Å²) in [6.45, 7) is 6.18. The molecule has 0 spiro atoms. The van der Waals surface area contributed by atoms with Gasteiger partial charge >= 0.3 is 0 Å². The first kappa shape index (κ1) is 26.1. The van der Waals surface area contributed by atoms with E-state index in [1.165, 1.54) is 0 Å². The second-order valence-corrected chi connectivity index (χ2v) is 12.0. The Hall–Kier alpha value is -3.55. The Balaban J connectivity index is 1.41. The highest BCUT2D eigenvalue weighted by Gasteiger charge is 2.41. The predicted octanol–water partition coefficient (Wildman–Crippen LogP) is 2.84. The third kappa shape index (κ3) is 4.84. The van der Waals surface area contributed by atoms with Crippen LogP contribution in [0.1, 0.15) is 35.5 Å². The third-order valence-corrected chi connectivity index (χ3v) is 8.58. The van der Waals surface area contributed by atoms with Gasteiger partial charge in [-0.3, -0.25) is 9.89 Å². The highest BCUT2D eigenvalue weighted by molar-refractivity contribution is 7.89. The number of anilines is 3. The molecule has 0 aliphatic carbocycles. The first-order chi connectivity index (χ1) is 18.0. The molecule has 1 amide bonds. The summed E-state index contributed by atoms with van der Waals surface area (Å²) in [7, 11) is -4.25. The summed E-state index contributed by atoms with van der Waals surface area (Å²) in [5, 5.41) is 9.89. The largest absolute Gasteiger partial charge is 0.398 e. The molecule has 0 bridgehead atoms. The summed E-state index contributed by atoms with van der Waals surface area (Å²) < 4.78 is 60.7. The molecule has 2 aliphatic heterocycles. The van der Waals surface area contributed by atoms with E-state index < -0.39 is 37.9 Å². The number of carbonyl (C=O) groups is 1. The number of amides is 1. The van der Waals surface area contributed by atoms with Crippen molar-refractivity contribution >= 4 is 33.1 Å². The van der Waals surface area contributed by atoms with Gasteiger partial charge in [0.1, 0.15) is 11.6 Å². The number of rotatable bonds is 5. The van der Waals surface area contributed by atoms with Crippen LogP contribution < -0.4 is 16.0 Å². The van der Waals surface area contributed by atoms with Gasteiger partial charge in [-0.25, -0.2) is 17.2 Å². The molecule has 0 unspecified atom stereocenters. The van der Waals surface area contributed by atoms with Crippen LogP contribution in [0, 0.1) is 11.6 Å². The Labute approximate surface area is 218 Å². The number of aromatic nitrogens is 2. The van der Waals surface area contributed by atoms with Gasteiger partial charge in [0.05, 0.1) is 23.7 Å². The van der Waals surface area contributed by atoms with Gasteiger partial charge in [-0.05, 0) is 30.3 Å². The van der Waals surface area contributed by atoms with Crippen molar-refractivity contribution < 1.29 is 26.7 Å². The smallest absolute Gasteiger partial charge is 0.258 e. The maximum atomic E-state index is 13.8. The zero-order chi connectivity index (χ0) is 27.2. The topological polar surface area (TPSA) is 134 Å². The molecule has 1 saturated heterocycles. The summed E-state index contributed by atoms with van der Waals surface area (Å²) >= 11 is 0. The lowest BCUT2D eigenvalue weighted by atomic mass is 9.84. The van der Waals surface area contributed by atoms with Crippen molar-refractivity contribution in [1.29, 1.82) is 0 Å². The van der Waals surface area contributed by atoms with Gasteiger partial charge in [-0.15, -0.1) is 0 Å². The zero-order valence-corrected chi connectivity index (χ0v) is 21.7. The molecule has 3 heterocycles. The van der Waals surface area contributed by atoms with Crippen LogP contribution in [0.3, 0.4) is 0 Å². The minimum atomic E-state index is -4.25. The second kappa shape index (κ2) is 9.64. The Morgan fingerprint density at radius 3 is 2.47 bits per heavy atom. The normalized spacial score (nSPS) is 17.7. The van der Waals surface area contributed by atoms with E-state index in [4.69, 9.17) is 10.5 Å². The summed E-state index contributed by atoms with van der Waals surface area (Å²) in [4.78, 5) is 14.8. The van der Waals surface area contributed by atoms with Crippen LogP contribution in [0.15, 0.2) is 41.3 Å². The highest BCUT2D eigenvalue weighted by Crippen LogP contribution is 2.38. The quantitative estimate of drug-likeness (QED) is 0.419. The maximum absolute atomic E-state index is 13.8. The Kier molecular flexibility index (Phi) is 6.61. The van der Waals surface area contributed by atoms with Crippen molar-refractivity contribution in [3.8, 4) is 0 Å². The number of benzene rings is 2. The first-order valence-corrected chi connectivity index (χ1v) is 13.5. The third-order valence-electron chi connectivity index (χ3n) is 6.81. The number of nitrogens with two attached hydrogens (primary N) is 1. The van der Waals surface area contributed by atoms with Crippen molar-refractivity contribution in [2.24, 2.45) is 0 Å². The lowest BCUT2D eigenvalue weighted by molar-refractivity contribution is 0.102. The average Bonchev–Trinajstić information content (AvgIpc) is 3.27. The van der Waals surface area contributed by atoms with E-state index in [0.717, 1.165) is 35.2 Å². The van der Waals surface area contributed by atoms with Gasteiger partial charge in [0.25, 0.3) is 5.91 Å². The van der Waals surface area contributed by atoms with Crippen LogP contribution in [-0.4, -0.2) is 61.7 Å². The van der Waals surface area contributed by atoms with Gasteiger partial charge in [-0.1, -0.05) is 13.8 Å². The molecular formula is C25H28F2N6O4S. The van der Waals surface area contributed by atoms with Crippen LogP contribution in [0.25, 0.3) is 0 Å². The molecule has 3 aromatic rings. The van der Waals surface area contributed by atoms with E-state index in [1.54, 1.807) is 12.1 Å². The minimum absolute atomic E-state index is 0.0337. The van der Waals surface area contributed by atoms with Crippen molar-refractivity contribution in [3.05, 3.63) is 64.9 Å². The van der Waals surface area contributed by atoms with Crippen molar-refractivity contribution in [2.75, 3.05) is 48.8 Å². The lowest BCUT2D eigenvalue weighted by Gasteiger charge is -2.36. The fourth-order valence-electron chi connectivity index (χ4n) is 4.88. The number of nitrogens with zero attached hydrogens (tertiary/aromatic N) is 3.